The number of ether oxygens (including phenoxy) is 1. The highest BCUT2D eigenvalue weighted by atomic mass is 16.5. The van der Waals surface area contributed by atoms with E-state index >= 15 is 0 Å². The van der Waals surface area contributed by atoms with Crippen LogP contribution in [0.15, 0.2) is 48.1 Å². The van der Waals surface area contributed by atoms with Crippen LogP contribution in [0.4, 0.5) is 0 Å². The van der Waals surface area contributed by atoms with E-state index in [4.69, 9.17) is 4.74 Å². The molecule has 0 amide bonds. The molecule has 2 rings (SSSR count). The van der Waals surface area contributed by atoms with E-state index in [1.54, 1.807) is 6.08 Å². The van der Waals surface area contributed by atoms with Crippen LogP contribution in [0.25, 0.3) is 5.57 Å². The fourth-order valence-corrected chi connectivity index (χ4v) is 2.03. The summed E-state index contributed by atoms with van der Waals surface area (Å²) >= 11 is 0. The van der Waals surface area contributed by atoms with Crippen molar-refractivity contribution in [1.29, 1.82) is 0 Å². The van der Waals surface area contributed by atoms with Gasteiger partial charge >= 0.3 is 5.97 Å². The van der Waals surface area contributed by atoms with E-state index in [1.165, 1.54) is 11.1 Å². The summed E-state index contributed by atoms with van der Waals surface area (Å²) in [5, 5.41) is 0. The normalized spacial score (nSPS) is 17.0. The molecule has 0 radical (unpaired) electrons. The lowest BCUT2D eigenvalue weighted by atomic mass is 10.0. The first-order valence-electron chi connectivity index (χ1n) is 5.94. The molecule has 2 heteroatoms. The molecule has 1 aromatic carbocycles. The molecule has 0 N–H and O–H groups in total. The molecule has 0 atom stereocenters. The molecular formula is C15H16O2. The number of hydrogen-bond acceptors (Lipinski definition) is 2. The van der Waals surface area contributed by atoms with Crippen molar-refractivity contribution in [3.8, 4) is 0 Å². The molecule has 88 valence electrons. The van der Waals surface area contributed by atoms with Gasteiger partial charge < -0.3 is 4.74 Å². The minimum atomic E-state index is -0.244. The Bertz CT molecular complexity index is 455. The lowest BCUT2D eigenvalue weighted by molar-refractivity contribution is -0.137. The van der Waals surface area contributed by atoms with Crippen LogP contribution in [0.1, 0.15) is 25.3 Å². The third-order valence-corrected chi connectivity index (χ3v) is 2.77. The molecule has 0 aliphatic heterocycles. The monoisotopic (exact) mass is 228 g/mol. The van der Waals surface area contributed by atoms with Gasteiger partial charge in [-0.05, 0) is 36.5 Å². The summed E-state index contributed by atoms with van der Waals surface area (Å²) in [5.41, 5.74) is 3.41. The van der Waals surface area contributed by atoms with Crippen molar-refractivity contribution >= 4 is 11.5 Å². The lowest BCUT2D eigenvalue weighted by Crippen LogP contribution is -2.01. The molecule has 0 saturated carbocycles. The molecule has 1 aromatic rings. The highest BCUT2D eigenvalue weighted by molar-refractivity contribution is 5.91. The van der Waals surface area contributed by atoms with Gasteiger partial charge in [0.05, 0.1) is 6.61 Å². The molecule has 0 unspecified atom stereocenters. The van der Waals surface area contributed by atoms with Crippen molar-refractivity contribution in [3.63, 3.8) is 0 Å². The van der Waals surface area contributed by atoms with Gasteiger partial charge in [-0.2, -0.15) is 0 Å². The molecule has 0 fully saturated rings. The Balaban J connectivity index is 2.21. The Kier molecular flexibility index (Phi) is 3.76. The first-order chi connectivity index (χ1) is 8.31. The van der Waals surface area contributed by atoms with E-state index in [1.807, 2.05) is 25.1 Å². The van der Waals surface area contributed by atoms with Gasteiger partial charge in [-0.3, -0.25) is 0 Å². The maximum absolute atomic E-state index is 11.5. The molecule has 0 bridgehead atoms. The number of allylic oxidation sites excluding steroid dienone is 3. The standard InChI is InChI=1S/C15H16O2/c1-2-17-15(16)11-13-9-6-10-14(13)12-7-4-3-5-8-12/h3-5,7-8,10-11H,2,6,9H2,1H3/b13-11+. The smallest absolute Gasteiger partial charge is 0.331 e. The molecule has 1 aliphatic rings. The second-order valence-electron chi connectivity index (χ2n) is 3.94. The van der Waals surface area contributed by atoms with Crippen LogP contribution in [0.2, 0.25) is 0 Å². The average Bonchev–Trinajstić information content (AvgIpc) is 2.78. The van der Waals surface area contributed by atoms with Crippen LogP contribution in [0, 0.1) is 0 Å². The summed E-state index contributed by atoms with van der Waals surface area (Å²) in [6.45, 7) is 2.24. The van der Waals surface area contributed by atoms with Crippen LogP contribution in [-0.4, -0.2) is 12.6 Å². The second-order valence-corrected chi connectivity index (χ2v) is 3.94. The van der Waals surface area contributed by atoms with Crippen molar-refractivity contribution in [2.45, 2.75) is 19.8 Å². The largest absolute Gasteiger partial charge is 0.463 e. The number of esters is 1. The highest BCUT2D eigenvalue weighted by Gasteiger charge is 2.14. The molecular weight excluding hydrogens is 212 g/mol. The number of carbonyl (C=O) groups excluding carboxylic acids is 1. The molecule has 17 heavy (non-hydrogen) atoms. The zero-order chi connectivity index (χ0) is 12.1. The van der Waals surface area contributed by atoms with Gasteiger partial charge in [0.15, 0.2) is 0 Å². The predicted octanol–water partition coefficient (Wildman–Crippen LogP) is 3.35. The summed E-state index contributed by atoms with van der Waals surface area (Å²) in [5.74, 6) is -0.244. The van der Waals surface area contributed by atoms with E-state index in [-0.39, 0.29) is 5.97 Å². The molecule has 0 saturated heterocycles. The Hall–Kier alpha value is -1.83. The molecule has 0 heterocycles. The predicted molar refractivity (Wildman–Crippen MR) is 68.4 cm³/mol. The Labute approximate surface area is 102 Å². The van der Waals surface area contributed by atoms with E-state index in [2.05, 4.69) is 18.2 Å². The van der Waals surface area contributed by atoms with Crippen molar-refractivity contribution < 1.29 is 9.53 Å². The van der Waals surface area contributed by atoms with Gasteiger partial charge in [-0.1, -0.05) is 36.4 Å². The van der Waals surface area contributed by atoms with Crippen molar-refractivity contribution in [1.82, 2.24) is 0 Å². The van der Waals surface area contributed by atoms with Crippen LogP contribution < -0.4 is 0 Å². The van der Waals surface area contributed by atoms with E-state index in [0.717, 1.165) is 18.4 Å². The van der Waals surface area contributed by atoms with Gasteiger partial charge in [-0.15, -0.1) is 0 Å². The first-order valence-corrected chi connectivity index (χ1v) is 5.94. The fourth-order valence-electron chi connectivity index (χ4n) is 2.03. The maximum Gasteiger partial charge on any atom is 0.331 e. The SMILES string of the molecule is CCOC(=O)/C=C1\CCC=C1c1ccccc1. The Morgan fingerprint density at radius 1 is 1.35 bits per heavy atom. The second kappa shape index (κ2) is 5.48. The minimum Gasteiger partial charge on any atom is -0.463 e. The van der Waals surface area contributed by atoms with Crippen LogP contribution >= 0.6 is 0 Å². The number of carbonyl (C=O) groups is 1. The minimum absolute atomic E-state index is 0.244. The van der Waals surface area contributed by atoms with Crippen molar-refractivity contribution in [2.24, 2.45) is 0 Å². The highest BCUT2D eigenvalue weighted by Crippen LogP contribution is 2.32. The molecule has 1 aliphatic carbocycles. The van der Waals surface area contributed by atoms with E-state index < -0.39 is 0 Å². The lowest BCUT2D eigenvalue weighted by Gasteiger charge is -2.06. The maximum atomic E-state index is 11.5. The van der Waals surface area contributed by atoms with Gasteiger partial charge in [0.2, 0.25) is 0 Å². The summed E-state index contributed by atoms with van der Waals surface area (Å²) in [4.78, 5) is 11.5. The van der Waals surface area contributed by atoms with Gasteiger partial charge in [0.25, 0.3) is 0 Å². The summed E-state index contributed by atoms with van der Waals surface area (Å²) < 4.78 is 4.95. The third kappa shape index (κ3) is 2.84. The molecule has 0 spiro atoms. The number of benzene rings is 1. The summed E-state index contributed by atoms with van der Waals surface area (Å²) in [6.07, 6.45) is 5.72. The van der Waals surface area contributed by atoms with E-state index in [0.29, 0.717) is 6.61 Å². The summed E-state index contributed by atoms with van der Waals surface area (Å²) in [6, 6.07) is 10.1. The quantitative estimate of drug-likeness (QED) is 0.585. The average molecular weight is 228 g/mol. The third-order valence-electron chi connectivity index (χ3n) is 2.77. The summed E-state index contributed by atoms with van der Waals surface area (Å²) in [7, 11) is 0. The van der Waals surface area contributed by atoms with Crippen LogP contribution in [0.3, 0.4) is 0 Å². The Morgan fingerprint density at radius 3 is 2.82 bits per heavy atom. The van der Waals surface area contributed by atoms with Gasteiger partial charge in [-0.25, -0.2) is 4.79 Å². The topological polar surface area (TPSA) is 26.3 Å². The van der Waals surface area contributed by atoms with Crippen LogP contribution in [0.5, 0.6) is 0 Å². The van der Waals surface area contributed by atoms with Crippen molar-refractivity contribution in [3.05, 3.63) is 53.6 Å². The zero-order valence-corrected chi connectivity index (χ0v) is 9.98. The van der Waals surface area contributed by atoms with E-state index in [9.17, 15) is 4.79 Å². The fraction of sp³-hybridized carbons (Fsp3) is 0.267. The molecule has 0 aromatic heterocycles. The van der Waals surface area contributed by atoms with Gasteiger partial charge in [0, 0.05) is 6.08 Å². The van der Waals surface area contributed by atoms with Crippen LogP contribution in [-0.2, 0) is 9.53 Å². The number of rotatable bonds is 3. The van der Waals surface area contributed by atoms with Gasteiger partial charge in [0.1, 0.15) is 0 Å². The number of hydrogen-bond donors (Lipinski definition) is 0. The van der Waals surface area contributed by atoms with Crippen molar-refractivity contribution in [2.75, 3.05) is 6.61 Å². The molecule has 2 nitrogen and oxygen atoms in total. The zero-order valence-electron chi connectivity index (χ0n) is 9.98. The first kappa shape index (κ1) is 11.6. The Morgan fingerprint density at radius 2 is 2.12 bits per heavy atom.